The number of nitrogens with one attached hydrogen (secondary N) is 1. The Morgan fingerprint density at radius 3 is 2.62 bits per heavy atom. The fourth-order valence-corrected chi connectivity index (χ4v) is 2.37. The van der Waals surface area contributed by atoms with Gasteiger partial charge in [0.15, 0.2) is 18.1 Å². The number of esters is 1. The lowest BCUT2D eigenvalue weighted by molar-refractivity contribution is -0.145. The molecule has 0 aliphatic carbocycles. The van der Waals surface area contributed by atoms with Gasteiger partial charge in [-0.15, -0.1) is 0 Å². The molecular weight excluding hydrogens is 410 g/mol. The molecule has 0 unspecified atom stereocenters. The summed E-state index contributed by atoms with van der Waals surface area (Å²) in [6, 6.07) is 3.63. The number of hydrogen-bond donors (Lipinski definition) is 2. The SMILES string of the molecule is CCOC(=O)COc1c(Br)cc(/C=C(/C#N)C(=O)NC(N)=O)cc1OC. The molecule has 0 spiro atoms. The third-order valence-corrected chi connectivity index (χ3v) is 3.39. The van der Waals surface area contributed by atoms with E-state index in [-0.39, 0.29) is 30.3 Å². The van der Waals surface area contributed by atoms with Crippen molar-refractivity contribution in [1.29, 1.82) is 5.26 Å². The number of halogens is 1. The molecule has 3 N–H and O–H groups in total. The summed E-state index contributed by atoms with van der Waals surface area (Å²) in [6.07, 6.45) is 1.24. The normalized spacial score (nSPS) is 10.5. The van der Waals surface area contributed by atoms with Crippen LogP contribution in [0.3, 0.4) is 0 Å². The van der Waals surface area contributed by atoms with Crippen molar-refractivity contribution in [3.8, 4) is 17.6 Å². The van der Waals surface area contributed by atoms with Crippen LogP contribution < -0.4 is 20.5 Å². The summed E-state index contributed by atoms with van der Waals surface area (Å²) < 4.78 is 15.8. The average molecular weight is 426 g/mol. The van der Waals surface area contributed by atoms with Crippen LogP contribution in [0.15, 0.2) is 22.2 Å². The molecule has 0 fully saturated rings. The van der Waals surface area contributed by atoms with E-state index in [0.29, 0.717) is 10.0 Å². The van der Waals surface area contributed by atoms with Crippen molar-refractivity contribution in [3.05, 3.63) is 27.7 Å². The van der Waals surface area contributed by atoms with Gasteiger partial charge in [0.05, 0.1) is 18.2 Å². The Morgan fingerprint density at radius 2 is 2.08 bits per heavy atom. The maximum Gasteiger partial charge on any atom is 0.344 e. The van der Waals surface area contributed by atoms with Crippen molar-refractivity contribution in [2.45, 2.75) is 6.92 Å². The Bertz CT molecular complexity index is 785. The Balaban J connectivity index is 3.13. The highest BCUT2D eigenvalue weighted by Crippen LogP contribution is 2.37. The summed E-state index contributed by atoms with van der Waals surface area (Å²) in [4.78, 5) is 33.9. The molecule has 1 aromatic carbocycles. The quantitative estimate of drug-likeness (QED) is 0.382. The number of carbonyl (C=O) groups is 3. The second-order valence-corrected chi connectivity index (χ2v) is 5.47. The molecule has 0 aliphatic heterocycles. The molecule has 9 nitrogen and oxygen atoms in total. The first-order valence-electron chi connectivity index (χ1n) is 7.20. The number of methoxy groups -OCH3 is 1. The number of hydrogen-bond acceptors (Lipinski definition) is 7. The Labute approximate surface area is 157 Å². The third kappa shape index (κ3) is 6.10. The first-order valence-corrected chi connectivity index (χ1v) is 8.00. The maximum absolute atomic E-state index is 11.7. The molecule has 0 atom stereocenters. The topological polar surface area (TPSA) is 141 Å². The molecule has 0 saturated carbocycles. The van der Waals surface area contributed by atoms with Gasteiger partial charge in [-0.2, -0.15) is 5.26 Å². The van der Waals surface area contributed by atoms with Crippen LogP contribution in [-0.2, 0) is 14.3 Å². The van der Waals surface area contributed by atoms with Crippen molar-refractivity contribution < 1.29 is 28.6 Å². The molecule has 0 aliphatic rings. The lowest BCUT2D eigenvalue weighted by Gasteiger charge is -2.13. The van der Waals surface area contributed by atoms with E-state index in [9.17, 15) is 14.4 Å². The zero-order valence-corrected chi connectivity index (χ0v) is 15.6. The smallest absolute Gasteiger partial charge is 0.344 e. The van der Waals surface area contributed by atoms with E-state index >= 15 is 0 Å². The number of urea groups is 1. The van der Waals surface area contributed by atoms with Gasteiger partial charge >= 0.3 is 12.0 Å². The van der Waals surface area contributed by atoms with Gasteiger partial charge in [0, 0.05) is 0 Å². The highest BCUT2D eigenvalue weighted by molar-refractivity contribution is 9.10. The van der Waals surface area contributed by atoms with Crippen LogP contribution in [0.2, 0.25) is 0 Å². The fourth-order valence-electron chi connectivity index (χ4n) is 1.79. The number of primary amides is 1. The Morgan fingerprint density at radius 1 is 1.38 bits per heavy atom. The molecule has 1 aromatic rings. The van der Waals surface area contributed by atoms with Crippen LogP contribution in [-0.4, -0.2) is 38.2 Å². The zero-order valence-electron chi connectivity index (χ0n) is 14.0. The molecular formula is C16H16BrN3O6. The molecule has 26 heavy (non-hydrogen) atoms. The number of rotatable bonds is 7. The van der Waals surface area contributed by atoms with Gasteiger partial charge in [-0.1, -0.05) is 0 Å². The lowest BCUT2D eigenvalue weighted by atomic mass is 10.1. The molecule has 0 heterocycles. The standard InChI is InChI=1S/C16H16BrN3O6/c1-3-25-13(21)8-26-14-11(17)5-9(6-12(14)24-2)4-10(7-18)15(22)20-16(19)23/h4-6H,3,8H2,1-2H3,(H3,19,20,22,23)/b10-4-. The number of nitrogens with zero attached hydrogens (tertiary/aromatic N) is 1. The minimum Gasteiger partial charge on any atom is -0.493 e. The van der Waals surface area contributed by atoms with Gasteiger partial charge in [0.25, 0.3) is 5.91 Å². The van der Waals surface area contributed by atoms with E-state index < -0.39 is 17.9 Å². The first kappa shape index (κ1) is 21.0. The first-order chi connectivity index (χ1) is 12.3. The van der Waals surface area contributed by atoms with Crippen LogP contribution >= 0.6 is 15.9 Å². The number of imide groups is 1. The highest BCUT2D eigenvalue weighted by Gasteiger charge is 2.15. The Kier molecular flexibility index (Phi) is 8.11. The summed E-state index contributed by atoms with van der Waals surface area (Å²) >= 11 is 3.27. The van der Waals surface area contributed by atoms with Crippen LogP contribution in [0.4, 0.5) is 4.79 Å². The predicted molar refractivity (Wildman–Crippen MR) is 94.1 cm³/mol. The number of nitriles is 1. The molecule has 0 aromatic heterocycles. The summed E-state index contributed by atoms with van der Waals surface area (Å²) in [5.41, 5.74) is 4.93. The van der Waals surface area contributed by atoms with Gasteiger partial charge in [-0.05, 0) is 46.6 Å². The maximum atomic E-state index is 11.7. The van der Waals surface area contributed by atoms with Gasteiger partial charge in [0.1, 0.15) is 11.6 Å². The highest BCUT2D eigenvalue weighted by atomic mass is 79.9. The van der Waals surface area contributed by atoms with Crippen LogP contribution in [0.1, 0.15) is 12.5 Å². The number of carbonyl (C=O) groups excluding carboxylic acids is 3. The number of ether oxygens (including phenoxy) is 3. The molecule has 0 saturated heterocycles. The molecule has 1 rings (SSSR count). The fraction of sp³-hybridized carbons (Fsp3) is 0.250. The summed E-state index contributed by atoms with van der Waals surface area (Å²) in [6.45, 7) is 1.59. The monoisotopic (exact) mass is 425 g/mol. The van der Waals surface area contributed by atoms with Crippen molar-refractivity contribution >= 4 is 39.9 Å². The van der Waals surface area contributed by atoms with Gasteiger partial charge in [-0.25, -0.2) is 9.59 Å². The van der Waals surface area contributed by atoms with E-state index in [0.717, 1.165) is 0 Å². The van der Waals surface area contributed by atoms with Crippen LogP contribution in [0.5, 0.6) is 11.5 Å². The second kappa shape index (κ2) is 10.0. The van der Waals surface area contributed by atoms with E-state index in [4.69, 9.17) is 25.2 Å². The van der Waals surface area contributed by atoms with Crippen molar-refractivity contribution in [3.63, 3.8) is 0 Å². The second-order valence-electron chi connectivity index (χ2n) is 4.62. The molecule has 0 bridgehead atoms. The van der Waals surface area contributed by atoms with Crippen LogP contribution in [0, 0.1) is 11.3 Å². The average Bonchev–Trinajstić information content (AvgIpc) is 2.57. The third-order valence-electron chi connectivity index (χ3n) is 2.80. The van der Waals surface area contributed by atoms with Crippen molar-refractivity contribution in [1.82, 2.24) is 5.32 Å². The minimum absolute atomic E-state index is 0.231. The van der Waals surface area contributed by atoms with Crippen molar-refractivity contribution in [2.24, 2.45) is 5.73 Å². The summed E-state index contributed by atoms with van der Waals surface area (Å²) in [7, 11) is 1.39. The van der Waals surface area contributed by atoms with E-state index in [1.54, 1.807) is 18.3 Å². The number of benzene rings is 1. The molecule has 138 valence electrons. The van der Waals surface area contributed by atoms with Gasteiger partial charge in [-0.3, -0.25) is 10.1 Å². The van der Waals surface area contributed by atoms with Crippen molar-refractivity contribution in [2.75, 3.05) is 20.3 Å². The molecule has 0 radical (unpaired) electrons. The summed E-state index contributed by atoms with van der Waals surface area (Å²) in [5, 5.41) is 10.9. The van der Waals surface area contributed by atoms with Crippen LogP contribution in [0.25, 0.3) is 6.08 Å². The number of amides is 3. The van der Waals surface area contributed by atoms with E-state index in [1.165, 1.54) is 25.3 Å². The zero-order chi connectivity index (χ0) is 19.7. The van der Waals surface area contributed by atoms with E-state index in [1.807, 2.05) is 0 Å². The van der Waals surface area contributed by atoms with Gasteiger partial charge in [0.2, 0.25) is 0 Å². The largest absolute Gasteiger partial charge is 0.493 e. The lowest BCUT2D eigenvalue weighted by Crippen LogP contribution is -2.35. The summed E-state index contributed by atoms with van der Waals surface area (Å²) in [5.74, 6) is -0.974. The predicted octanol–water partition coefficient (Wildman–Crippen LogP) is 1.50. The molecule has 3 amide bonds. The Hall–Kier alpha value is -3.06. The number of nitrogens with two attached hydrogens (primary N) is 1. The van der Waals surface area contributed by atoms with E-state index in [2.05, 4.69) is 15.9 Å². The molecule has 10 heteroatoms. The van der Waals surface area contributed by atoms with Gasteiger partial charge < -0.3 is 19.9 Å². The minimum atomic E-state index is -1.07.